The molecule has 2 unspecified atom stereocenters. The number of hydrogen-bond acceptors (Lipinski definition) is 5. The molecule has 1 aliphatic carbocycles. The maximum atomic E-state index is 10.4. The Hall–Kier alpha value is -2.12. The largest absolute Gasteiger partial charge is 0.392 e. The second kappa shape index (κ2) is 10.1. The van der Waals surface area contributed by atoms with Gasteiger partial charge in [0, 0.05) is 35.5 Å². The first-order valence-electron chi connectivity index (χ1n) is 10.3. The van der Waals surface area contributed by atoms with Crippen LogP contribution in [0.25, 0.3) is 11.4 Å². The molecule has 1 heterocycles. The van der Waals surface area contributed by atoms with Crippen molar-refractivity contribution < 1.29 is 9.63 Å². The smallest absolute Gasteiger partial charge is 0.228 e. The first-order valence-corrected chi connectivity index (χ1v) is 10.7. The number of aliphatic hydroxyl groups is 1. The molecule has 0 amide bonds. The number of aliphatic hydroxyl groups excluding tert-OH is 1. The lowest BCUT2D eigenvalue weighted by molar-refractivity contribution is 0.00716. The zero-order valence-corrected chi connectivity index (χ0v) is 17.9. The summed E-state index contributed by atoms with van der Waals surface area (Å²) in [6.07, 6.45) is 4.43. The first-order chi connectivity index (χ1) is 14.0. The van der Waals surface area contributed by atoms with E-state index in [9.17, 15) is 5.11 Å². The number of hydrogen-bond donors (Lipinski definition) is 3. The minimum absolute atomic E-state index is 0.152. The number of benzene rings is 1. The van der Waals surface area contributed by atoms with Crippen molar-refractivity contribution in [2.45, 2.75) is 52.1 Å². The first kappa shape index (κ1) is 21.6. The van der Waals surface area contributed by atoms with Gasteiger partial charge < -0.3 is 20.3 Å². The lowest BCUT2D eigenvalue weighted by atomic mass is 9.73. The molecule has 0 bridgehead atoms. The van der Waals surface area contributed by atoms with Crippen LogP contribution in [0.2, 0.25) is 5.02 Å². The van der Waals surface area contributed by atoms with Gasteiger partial charge in [0.1, 0.15) is 0 Å². The van der Waals surface area contributed by atoms with Crippen LogP contribution in [0.5, 0.6) is 0 Å². The van der Waals surface area contributed by atoms with Crippen molar-refractivity contribution in [3.05, 3.63) is 35.2 Å². The van der Waals surface area contributed by atoms with Gasteiger partial charge in [-0.15, -0.1) is 0 Å². The van der Waals surface area contributed by atoms with Crippen LogP contribution in [-0.4, -0.2) is 46.9 Å². The Morgan fingerprint density at radius 2 is 2.10 bits per heavy atom. The fourth-order valence-electron chi connectivity index (χ4n) is 3.53. The Labute approximate surface area is 177 Å². The molecule has 1 aromatic carbocycles. The Bertz CT molecular complexity index is 808. The molecule has 2 aromatic rings. The summed E-state index contributed by atoms with van der Waals surface area (Å²) in [4.78, 5) is 9.15. The van der Waals surface area contributed by atoms with Gasteiger partial charge >= 0.3 is 0 Å². The highest BCUT2D eigenvalue weighted by Crippen LogP contribution is 2.36. The maximum absolute atomic E-state index is 10.4. The Morgan fingerprint density at radius 3 is 2.83 bits per heavy atom. The lowest BCUT2D eigenvalue weighted by Gasteiger charge is -2.37. The van der Waals surface area contributed by atoms with E-state index in [0.717, 1.165) is 43.8 Å². The topological polar surface area (TPSA) is 95.6 Å². The number of aromatic nitrogens is 2. The van der Waals surface area contributed by atoms with E-state index in [1.807, 2.05) is 19.1 Å². The molecule has 29 heavy (non-hydrogen) atoms. The Morgan fingerprint density at radius 1 is 1.31 bits per heavy atom. The van der Waals surface area contributed by atoms with E-state index in [0.29, 0.717) is 36.2 Å². The molecule has 1 aliphatic rings. The summed E-state index contributed by atoms with van der Waals surface area (Å²) in [6.45, 7) is 6.15. The monoisotopic (exact) mass is 419 g/mol. The summed E-state index contributed by atoms with van der Waals surface area (Å²) in [5.74, 6) is 1.85. The van der Waals surface area contributed by atoms with Gasteiger partial charge in [0.15, 0.2) is 5.96 Å². The molecule has 0 radical (unpaired) electrons. The third-order valence-corrected chi connectivity index (χ3v) is 5.68. The molecule has 0 aliphatic heterocycles. The van der Waals surface area contributed by atoms with Crippen LogP contribution in [0.1, 0.15) is 45.4 Å². The van der Waals surface area contributed by atoms with Crippen LogP contribution in [0.15, 0.2) is 33.8 Å². The van der Waals surface area contributed by atoms with Crippen molar-refractivity contribution in [3.8, 4) is 11.4 Å². The molecule has 7 nitrogen and oxygen atoms in total. The number of nitrogens with zero attached hydrogens (tertiary/aromatic N) is 3. The van der Waals surface area contributed by atoms with Gasteiger partial charge in [-0.05, 0) is 44.0 Å². The Balaban J connectivity index is 1.53. The summed E-state index contributed by atoms with van der Waals surface area (Å²) < 4.78 is 5.35. The van der Waals surface area contributed by atoms with Crippen molar-refractivity contribution in [2.75, 3.05) is 19.6 Å². The van der Waals surface area contributed by atoms with Crippen LogP contribution in [-0.2, 0) is 6.42 Å². The highest BCUT2D eigenvalue weighted by Gasteiger charge is 2.35. The number of halogens is 1. The standard InChI is InChI=1S/C21H30ClN5O2/c1-3-23-20(25-14-21(2)12-5-4-6-17(21)28)24-13-11-18-26-19(27-29-18)15-7-9-16(22)10-8-15/h7-10,17,28H,3-6,11-14H2,1-2H3,(H2,23,24,25). The average Bonchev–Trinajstić information content (AvgIpc) is 3.18. The maximum Gasteiger partial charge on any atom is 0.228 e. The zero-order valence-electron chi connectivity index (χ0n) is 17.1. The molecular weight excluding hydrogens is 390 g/mol. The zero-order chi connectivity index (χ0) is 20.7. The second-order valence-corrected chi connectivity index (χ2v) is 8.24. The third-order valence-electron chi connectivity index (χ3n) is 5.42. The highest BCUT2D eigenvalue weighted by molar-refractivity contribution is 6.30. The molecule has 3 N–H and O–H groups in total. The average molecular weight is 420 g/mol. The summed E-state index contributed by atoms with van der Waals surface area (Å²) in [7, 11) is 0. The van der Waals surface area contributed by atoms with E-state index in [1.165, 1.54) is 0 Å². The van der Waals surface area contributed by atoms with Gasteiger partial charge in [-0.2, -0.15) is 4.98 Å². The van der Waals surface area contributed by atoms with E-state index >= 15 is 0 Å². The van der Waals surface area contributed by atoms with Crippen molar-refractivity contribution in [1.29, 1.82) is 0 Å². The molecule has 0 spiro atoms. The van der Waals surface area contributed by atoms with Gasteiger partial charge in [0.2, 0.25) is 11.7 Å². The normalized spacial score (nSPS) is 22.5. The summed E-state index contributed by atoms with van der Waals surface area (Å²) in [5.41, 5.74) is 0.715. The molecule has 158 valence electrons. The molecule has 8 heteroatoms. The molecular formula is C21H30ClN5O2. The van der Waals surface area contributed by atoms with E-state index in [-0.39, 0.29) is 11.5 Å². The molecule has 1 saturated carbocycles. The molecule has 3 rings (SSSR count). The van der Waals surface area contributed by atoms with Crippen LogP contribution in [0, 0.1) is 5.41 Å². The lowest BCUT2D eigenvalue weighted by Crippen LogP contribution is -2.42. The fraction of sp³-hybridized carbons (Fsp3) is 0.571. The number of aliphatic imine (C=N–C) groups is 1. The summed E-state index contributed by atoms with van der Waals surface area (Å²) in [5, 5.41) is 21.6. The minimum Gasteiger partial charge on any atom is -0.392 e. The van der Waals surface area contributed by atoms with E-state index < -0.39 is 0 Å². The SMILES string of the molecule is CCNC(=NCC1(C)CCCCC1O)NCCc1nc(-c2ccc(Cl)cc2)no1. The van der Waals surface area contributed by atoms with Gasteiger partial charge in [0.25, 0.3) is 0 Å². The molecule has 1 fully saturated rings. The fourth-order valence-corrected chi connectivity index (χ4v) is 3.65. The van der Waals surface area contributed by atoms with E-state index in [4.69, 9.17) is 21.1 Å². The van der Waals surface area contributed by atoms with Crippen molar-refractivity contribution in [3.63, 3.8) is 0 Å². The van der Waals surface area contributed by atoms with Crippen LogP contribution in [0.3, 0.4) is 0 Å². The molecule has 0 saturated heterocycles. The quantitative estimate of drug-likeness (QED) is 0.470. The van der Waals surface area contributed by atoms with Crippen molar-refractivity contribution >= 4 is 17.6 Å². The second-order valence-electron chi connectivity index (χ2n) is 7.81. The summed E-state index contributed by atoms with van der Waals surface area (Å²) in [6, 6.07) is 7.34. The summed E-state index contributed by atoms with van der Waals surface area (Å²) >= 11 is 5.92. The van der Waals surface area contributed by atoms with Gasteiger partial charge in [-0.3, -0.25) is 4.99 Å². The molecule has 1 aromatic heterocycles. The van der Waals surface area contributed by atoms with Crippen LogP contribution in [0.4, 0.5) is 0 Å². The number of guanidine groups is 1. The highest BCUT2D eigenvalue weighted by atomic mass is 35.5. The number of rotatable bonds is 7. The van der Waals surface area contributed by atoms with E-state index in [2.05, 4.69) is 27.7 Å². The van der Waals surface area contributed by atoms with Gasteiger partial charge in [0.05, 0.1) is 12.6 Å². The van der Waals surface area contributed by atoms with Crippen LogP contribution >= 0.6 is 11.6 Å². The third kappa shape index (κ3) is 5.93. The van der Waals surface area contributed by atoms with Gasteiger partial charge in [-0.1, -0.05) is 36.5 Å². The number of nitrogens with one attached hydrogen (secondary N) is 2. The minimum atomic E-state index is -0.285. The predicted octanol–water partition coefficient (Wildman–Crippen LogP) is 3.43. The van der Waals surface area contributed by atoms with Crippen molar-refractivity contribution in [2.24, 2.45) is 10.4 Å². The molecule has 2 atom stereocenters. The van der Waals surface area contributed by atoms with E-state index in [1.54, 1.807) is 12.1 Å². The van der Waals surface area contributed by atoms with Gasteiger partial charge in [-0.25, -0.2) is 0 Å². The predicted molar refractivity (Wildman–Crippen MR) is 115 cm³/mol. The van der Waals surface area contributed by atoms with Crippen LogP contribution < -0.4 is 10.6 Å². The Kier molecular flexibility index (Phi) is 7.50. The van der Waals surface area contributed by atoms with Crippen molar-refractivity contribution in [1.82, 2.24) is 20.8 Å².